The molecule has 0 heterocycles. The van der Waals surface area contributed by atoms with E-state index < -0.39 is 83.6 Å². The summed E-state index contributed by atoms with van der Waals surface area (Å²) in [5.41, 5.74) is -2.50. The summed E-state index contributed by atoms with van der Waals surface area (Å²) >= 11 is 25.7. The predicted octanol–water partition coefficient (Wildman–Crippen LogP) is 3.54. The van der Waals surface area contributed by atoms with E-state index in [4.69, 9.17) is 33.2 Å². The maximum absolute atomic E-state index is 12.9. The Kier molecular flexibility index (Phi) is 27.5. The Morgan fingerprint density at radius 1 is 0.472 bits per heavy atom. The van der Waals surface area contributed by atoms with E-state index in [0.29, 0.717) is 6.42 Å². The maximum Gasteiger partial charge on any atom is 0.315 e. The molecule has 4 unspecified atom stereocenters. The molecule has 0 radical (unpaired) electrons. The van der Waals surface area contributed by atoms with Crippen molar-refractivity contribution in [2.45, 2.75) is 80.1 Å². The lowest BCUT2D eigenvalue weighted by atomic mass is 9.88. The molecule has 53 heavy (non-hydrogen) atoms. The van der Waals surface area contributed by atoms with E-state index in [9.17, 15) is 33.6 Å². The summed E-state index contributed by atoms with van der Waals surface area (Å²) in [4.78, 5) is 86.3. The van der Waals surface area contributed by atoms with Crippen molar-refractivity contribution >= 4 is 129 Å². The molecule has 0 aliphatic rings. The summed E-state index contributed by atoms with van der Waals surface area (Å²) in [5, 5.41) is -0.956. The highest BCUT2D eigenvalue weighted by atomic mass is 32.2. The molecule has 0 aromatic rings. The fourth-order valence-electron chi connectivity index (χ4n) is 3.77. The Hall–Kier alpha value is -1.26. The third kappa shape index (κ3) is 25.5. The number of carbonyl (C=O) groups excluding carboxylic acids is 7. The van der Waals surface area contributed by atoms with Crippen LogP contribution in [0, 0.1) is 10.8 Å². The van der Waals surface area contributed by atoms with Crippen LogP contribution in [-0.4, -0.2) is 126 Å². The second kappa shape index (κ2) is 28.2. The fourth-order valence-corrected chi connectivity index (χ4v) is 5.44. The van der Waals surface area contributed by atoms with Gasteiger partial charge in [-0.05, 0) is 6.42 Å². The zero-order valence-electron chi connectivity index (χ0n) is 30.2. The van der Waals surface area contributed by atoms with Crippen molar-refractivity contribution in [3.63, 3.8) is 0 Å². The third-order valence-corrected chi connectivity index (χ3v) is 9.55. The van der Waals surface area contributed by atoms with Crippen LogP contribution in [0.4, 0.5) is 0 Å². The molecule has 0 amide bonds. The van der Waals surface area contributed by atoms with Crippen LogP contribution in [0.3, 0.4) is 0 Å². The highest BCUT2D eigenvalue weighted by Crippen LogP contribution is 2.27. The van der Waals surface area contributed by atoms with Crippen LogP contribution in [0.1, 0.15) is 59.8 Å². The van der Waals surface area contributed by atoms with Gasteiger partial charge in [0.25, 0.3) is 0 Å². The van der Waals surface area contributed by atoms with E-state index >= 15 is 0 Å². The number of carbonyl (C=O) groups is 7. The number of rotatable bonds is 28. The van der Waals surface area contributed by atoms with Gasteiger partial charge in [0.2, 0.25) is 0 Å². The normalized spacial score (nSPS) is 14.7. The monoisotopic (exact) mass is 884 g/mol. The van der Waals surface area contributed by atoms with Gasteiger partial charge in [0, 0.05) is 15.7 Å². The van der Waals surface area contributed by atoms with E-state index in [2.05, 4.69) is 75.8 Å². The second-order valence-corrected chi connectivity index (χ2v) is 17.9. The van der Waals surface area contributed by atoms with Gasteiger partial charge in [0.1, 0.15) is 51.7 Å². The van der Waals surface area contributed by atoms with Crippen molar-refractivity contribution in [2.75, 3.05) is 63.5 Å². The lowest BCUT2D eigenvalue weighted by Gasteiger charge is -2.32. The van der Waals surface area contributed by atoms with Gasteiger partial charge in [-0.15, -0.1) is 11.8 Å². The molecule has 14 nitrogen and oxygen atoms in total. The Balaban J connectivity index is 5.61. The molecule has 4 atom stereocenters. The van der Waals surface area contributed by atoms with Crippen molar-refractivity contribution < 1.29 is 66.7 Å². The van der Waals surface area contributed by atoms with Crippen LogP contribution in [-0.2, 0) is 66.7 Å². The SMILES string of the molecule is CCC(COC(=O)CS)(COC(=O)CS)COC(=O)CSC(S)CC(=O)OCC(COC(=O)CC(C)S)(COC(=O)CC(C)S)COC(=O)CC(C)S. The molecule has 0 aromatic heterocycles. The summed E-state index contributed by atoms with van der Waals surface area (Å²) in [6.07, 6.45) is -0.0918. The van der Waals surface area contributed by atoms with Gasteiger partial charge in [-0.2, -0.15) is 75.8 Å². The summed E-state index contributed by atoms with van der Waals surface area (Å²) in [5.74, 6) is -5.09. The first kappa shape index (κ1) is 51.7. The van der Waals surface area contributed by atoms with E-state index in [0.717, 1.165) is 11.8 Å². The lowest BCUT2D eigenvalue weighted by Crippen LogP contribution is -2.44. The number of thioether (sulfide) groups is 1. The van der Waals surface area contributed by atoms with Gasteiger partial charge < -0.3 is 33.2 Å². The average Bonchev–Trinajstić information content (AvgIpc) is 3.08. The molecule has 21 heteroatoms. The Morgan fingerprint density at radius 3 is 1.06 bits per heavy atom. The van der Waals surface area contributed by atoms with Crippen molar-refractivity contribution in [1.29, 1.82) is 0 Å². The smallest absolute Gasteiger partial charge is 0.315 e. The Morgan fingerprint density at radius 2 is 0.755 bits per heavy atom. The Labute approximate surface area is 348 Å². The molecule has 0 N–H and O–H groups in total. The molecule has 0 spiro atoms. The molecule has 0 rings (SSSR count). The summed E-state index contributed by atoms with van der Waals surface area (Å²) in [6, 6.07) is 0. The van der Waals surface area contributed by atoms with Gasteiger partial charge >= 0.3 is 41.8 Å². The molecule has 0 saturated carbocycles. The predicted molar refractivity (Wildman–Crippen MR) is 219 cm³/mol. The molecule has 0 fully saturated rings. The lowest BCUT2D eigenvalue weighted by molar-refractivity contribution is -0.171. The van der Waals surface area contributed by atoms with Gasteiger partial charge in [-0.1, -0.05) is 27.7 Å². The van der Waals surface area contributed by atoms with Crippen molar-refractivity contribution in [2.24, 2.45) is 10.8 Å². The Bertz CT molecular complexity index is 1100. The van der Waals surface area contributed by atoms with Gasteiger partial charge in [-0.3, -0.25) is 33.6 Å². The first-order valence-electron chi connectivity index (χ1n) is 16.4. The zero-order valence-corrected chi connectivity index (χ0v) is 36.4. The van der Waals surface area contributed by atoms with Gasteiger partial charge in [0.15, 0.2) is 0 Å². The number of thiol groups is 6. The van der Waals surface area contributed by atoms with E-state index in [1.54, 1.807) is 27.7 Å². The molecule has 306 valence electrons. The second-order valence-electron chi connectivity index (χ2n) is 12.4. The summed E-state index contributed by atoms with van der Waals surface area (Å²) < 4.78 is 36.8. The van der Waals surface area contributed by atoms with Crippen molar-refractivity contribution in [3.8, 4) is 0 Å². The third-order valence-electron chi connectivity index (χ3n) is 6.90. The quantitative estimate of drug-likeness (QED) is 0.0290. The van der Waals surface area contributed by atoms with E-state index in [-0.39, 0.29) is 78.5 Å². The summed E-state index contributed by atoms with van der Waals surface area (Å²) in [7, 11) is 0. The molecule has 0 saturated heterocycles. The average molecular weight is 885 g/mol. The van der Waals surface area contributed by atoms with Crippen LogP contribution in [0.2, 0.25) is 0 Å². The topological polar surface area (TPSA) is 184 Å². The van der Waals surface area contributed by atoms with Crippen LogP contribution in [0.15, 0.2) is 0 Å². The largest absolute Gasteiger partial charge is 0.465 e. The minimum Gasteiger partial charge on any atom is -0.465 e. The number of hydrogen-bond donors (Lipinski definition) is 6. The van der Waals surface area contributed by atoms with Crippen molar-refractivity contribution in [3.05, 3.63) is 0 Å². The van der Waals surface area contributed by atoms with Crippen LogP contribution in [0.25, 0.3) is 0 Å². The molecule has 0 aliphatic carbocycles. The van der Waals surface area contributed by atoms with E-state index in [1.165, 1.54) is 0 Å². The highest BCUT2D eigenvalue weighted by Gasteiger charge is 2.39. The maximum atomic E-state index is 12.9. The molecule has 0 aliphatic heterocycles. The summed E-state index contributed by atoms with van der Waals surface area (Å²) in [6.45, 7) is 4.43. The number of ether oxygens (including phenoxy) is 7. The number of hydrogen-bond acceptors (Lipinski definition) is 21. The molecule has 0 bridgehead atoms. The molecular formula is C32H52O14S7. The zero-order chi connectivity index (χ0) is 40.6. The van der Waals surface area contributed by atoms with E-state index in [1.807, 2.05) is 0 Å². The van der Waals surface area contributed by atoms with Crippen LogP contribution >= 0.6 is 87.5 Å². The van der Waals surface area contributed by atoms with Crippen molar-refractivity contribution in [1.82, 2.24) is 0 Å². The minimum atomic E-state index is -1.48. The molecular weight excluding hydrogens is 833 g/mol. The number of esters is 7. The van der Waals surface area contributed by atoms with Gasteiger partial charge in [-0.25, -0.2) is 0 Å². The standard InChI is InChI=1S/C32H52O14S7/c1-5-31(13-44-27(37)10-47,14-45-28(38)11-48)15-46-29(39)12-53-30(52)9-26(36)43-19-32(16-40-23(33)6-20(2)49,17-41-24(34)7-21(3)50)18-42-25(35)8-22(4)51/h20-22,30,47-52H,5-19H2,1-4H3. The first-order valence-corrected chi connectivity index (χ1v) is 20.8. The fraction of sp³-hybridized carbons (Fsp3) is 0.781. The molecule has 0 aromatic carbocycles. The minimum absolute atomic E-state index is 0.0413. The van der Waals surface area contributed by atoms with Crippen LogP contribution < -0.4 is 0 Å². The highest BCUT2D eigenvalue weighted by molar-refractivity contribution is 8.10. The van der Waals surface area contributed by atoms with Gasteiger partial charge in [0.05, 0.1) is 52.9 Å². The van der Waals surface area contributed by atoms with Crippen LogP contribution in [0.5, 0.6) is 0 Å². The first-order chi connectivity index (χ1) is 24.8.